The molecule has 3 aromatic rings. The number of thiazole rings is 1. The molecule has 8 heteroatoms. The summed E-state index contributed by atoms with van der Waals surface area (Å²) in [6.45, 7) is 3.80. The minimum Gasteiger partial charge on any atom is -0.301 e. The van der Waals surface area contributed by atoms with Crippen molar-refractivity contribution in [3.05, 3.63) is 52.8 Å². The average Bonchev–Trinajstić information content (AvgIpc) is 3.06. The lowest BCUT2D eigenvalue weighted by Crippen LogP contribution is -2.23. The molecule has 2 heterocycles. The summed E-state index contributed by atoms with van der Waals surface area (Å²) in [6.07, 6.45) is 0. The van der Waals surface area contributed by atoms with Crippen molar-refractivity contribution in [3.63, 3.8) is 0 Å². The summed E-state index contributed by atoms with van der Waals surface area (Å²) in [5.74, 6) is -0.474. The van der Waals surface area contributed by atoms with Gasteiger partial charge in [-0.2, -0.15) is 5.10 Å². The Bertz CT molecular complexity index is 982. The monoisotopic (exact) mass is 388 g/mol. The molecule has 0 bridgehead atoms. The molecule has 2 aromatic heterocycles. The molecule has 1 aromatic carbocycles. The third-order valence-corrected chi connectivity index (χ3v) is 4.82. The summed E-state index contributed by atoms with van der Waals surface area (Å²) in [5, 5.41) is 7.60. The van der Waals surface area contributed by atoms with Crippen LogP contribution in [0.1, 0.15) is 19.9 Å². The molecule has 0 unspecified atom stereocenters. The number of amides is 1. The lowest BCUT2D eigenvalue weighted by atomic mass is 10.1. The molecular formula is C18H17ClN4O2S. The van der Waals surface area contributed by atoms with Gasteiger partial charge in [0.15, 0.2) is 5.13 Å². The third kappa shape index (κ3) is 3.84. The molecule has 3 rings (SSSR count). The zero-order valence-electron chi connectivity index (χ0n) is 14.3. The summed E-state index contributed by atoms with van der Waals surface area (Å²) >= 11 is 6.87. The number of benzene rings is 1. The van der Waals surface area contributed by atoms with Crippen LogP contribution in [-0.2, 0) is 4.79 Å². The summed E-state index contributed by atoms with van der Waals surface area (Å²) < 4.78 is 1.43. The second-order valence-corrected chi connectivity index (χ2v) is 7.11. The molecule has 26 heavy (non-hydrogen) atoms. The molecule has 134 valence electrons. The molecule has 0 saturated carbocycles. The van der Waals surface area contributed by atoms with E-state index in [2.05, 4.69) is 15.4 Å². The first-order valence-electron chi connectivity index (χ1n) is 8.02. The maximum Gasteiger partial charge on any atom is 0.267 e. The zero-order valence-corrected chi connectivity index (χ0v) is 15.8. The van der Waals surface area contributed by atoms with Crippen molar-refractivity contribution in [1.29, 1.82) is 0 Å². The van der Waals surface area contributed by atoms with Crippen LogP contribution in [0.25, 0.3) is 21.8 Å². The molecule has 0 atom stereocenters. The van der Waals surface area contributed by atoms with E-state index in [4.69, 9.17) is 11.6 Å². The number of nitrogens with zero attached hydrogens (tertiary/aromatic N) is 3. The number of hydrogen-bond acceptors (Lipinski definition) is 5. The van der Waals surface area contributed by atoms with Crippen LogP contribution in [-0.4, -0.2) is 26.6 Å². The number of carbonyl (C=O) groups is 1. The number of alkyl halides is 1. The maximum absolute atomic E-state index is 12.0. The Morgan fingerprint density at radius 1 is 1.23 bits per heavy atom. The second-order valence-electron chi connectivity index (χ2n) is 5.84. The third-order valence-electron chi connectivity index (χ3n) is 3.59. The highest BCUT2D eigenvalue weighted by molar-refractivity contribution is 7.19. The Kier molecular flexibility index (Phi) is 5.49. The summed E-state index contributed by atoms with van der Waals surface area (Å²) in [7, 11) is 0. The molecule has 1 N–H and O–H groups in total. The highest BCUT2D eigenvalue weighted by Crippen LogP contribution is 2.37. The van der Waals surface area contributed by atoms with Crippen LogP contribution < -0.4 is 10.9 Å². The molecule has 0 aliphatic heterocycles. The topological polar surface area (TPSA) is 76.9 Å². The Hall–Kier alpha value is -2.51. The van der Waals surface area contributed by atoms with Crippen LogP contribution in [0, 0.1) is 0 Å². The van der Waals surface area contributed by atoms with Crippen molar-refractivity contribution in [2.45, 2.75) is 19.9 Å². The van der Waals surface area contributed by atoms with Gasteiger partial charge < -0.3 is 5.32 Å². The first kappa shape index (κ1) is 18.3. The molecule has 6 nitrogen and oxygen atoms in total. The summed E-state index contributed by atoms with van der Waals surface area (Å²) in [5.41, 5.74) is 2.06. The number of carbonyl (C=O) groups excluding carboxylic acids is 1. The van der Waals surface area contributed by atoms with Gasteiger partial charge in [0.1, 0.15) is 11.6 Å². The summed E-state index contributed by atoms with van der Waals surface area (Å²) in [4.78, 5) is 28.9. The van der Waals surface area contributed by atoms with Gasteiger partial charge in [-0.05, 0) is 19.9 Å². The van der Waals surface area contributed by atoms with Crippen LogP contribution in [0.15, 0.2) is 47.3 Å². The van der Waals surface area contributed by atoms with Gasteiger partial charge in [-0.15, -0.1) is 11.6 Å². The van der Waals surface area contributed by atoms with Crippen molar-refractivity contribution >= 4 is 34.0 Å². The molecule has 0 aliphatic rings. The maximum atomic E-state index is 12.0. The predicted molar refractivity (Wildman–Crippen MR) is 105 cm³/mol. The SMILES string of the molecule is CC(C)n1nc(-c2sc(NC(=O)CCl)nc2-c2ccccc2)ccc1=O. The van der Waals surface area contributed by atoms with Crippen molar-refractivity contribution in [2.75, 3.05) is 11.2 Å². The minimum absolute atomic E-state index is 0.0639. The van der Waals surface area contributed by atoms with Gasteiger partial charge in [-0.3, -0.25) is 9.59 Å². The molecule has 0 radical (unpaired) electrons. The van der Waals surface area contributed by atoms with Crippen LogP contribution in [0.2, 0.25) is 0 Å². The first-order chi connectivity index (χ1) is 12.5. The largest absolute Gasteiger partial charge is 0.301 e. The van der Waals surface area contributed by atoms with Gasteiger partial charge in [0.05, 0.1) is 16.6 Å². The van der Waals surface area contributed by atoms with Gasteiger partial charge in [0.2, 0.25) is 5.91 Å². The quantitative estimate of drug-likeness (QED) is 0.674. The van der Waals surface area contributed by atoms with Gasteiger partial charge in [-0.1, -0.05) is 41.7 Å². The molecule has 0 saturated heterocycles. The molecule has 0 spiro atoms. The molecule has 0 aliphatic carbocycles. The van der Waals surface area contributed by atoms with Gasteiger partial charge in [-0.25, -0.2) is 9.67 Å². The van der Waals surface area contributed by atoms with Crippen molar-refractivity contribution in [2.24, 2.45) is 0 Å². The highest BCUT2D eigenvalue weighted by Gasteiger charge is 2.18. The number of nitrogens with one attached hydrogen (secondary N) is 1. The van der Waals surface area contributed by atoms with E-state index in [1.807, 2.05) is 44.2 Å². The van der Waals surface area contributed by atoms with Gasteiger partial charge in [0, 0.05) is 11.6 Å². The summed E-state index contributed by atoms with van der Waals surface area (Å²) in [6, 6.07) is 12.7. The fourth-order valence-electron chi connectivity index (χ4n) is 2.41. The highest BCUT2D eigenvalue weighted by atomic mass is 35.5. The normalized spacial score (nSPS) is 10.9. The standard InChI is InChI=1S/C18H17ClN4O2S/c1-11(2)23-15(25)9-8-13(22-23)17-16(12-6-4-3-5-7-12)21-18(26-17)20-14(24)10-19/h3-9,11H,10H2,1-2H3,(H,20,21,24). The van der Waals surface area contributed by atoms with Crippen LogP contribution >= 0.6 is 22.9 Å². The van der Waals surface area contributed by atoms with Gasteiger partial charge >= 0.3 is 0 Å². The van der Waals surface area contributed by atoms with E-state index < -0.39 is 0 Å². The second kappa shape index (κ2) is 7.80. The van der Waals surface area contributed by atoms with E-state index in [0.717, 1.165) is 10.4 Å². The Labute approximate surface area is 159 Å². The average molecular weight is 389 g/mol. The van der Waals surface area contributed by atoms with Crippen molar-refractivity contribution < 1.29 is 4.79 Å². The zero-order chi connectivity index (χ0) is 18.7. The van der Waals surface area contributed by atoms with E-state index in [1.165, 1.54) is 22.1 Å². The number of rotatable bonds is 5. The van der Waals surface area contributed by atoms with E-state index in [0.29, 0.717) is 16.5 Å². The van der Waals surface area contributed by atoms with Crippen molar-refractivity contribution in [3.8, 4) is 21.8 Å². The van der Waals surface area contributed by atoms with Crippen LogP contribution in [0.5, 0.6) is 0 Å². The fraction of sp³-hybridized carbons (Fsp3) is 0.222. The number of halogens is 1. The van der Waals surface area contributed by atoms with Crippen molar-refractivity contribution in [1.82, 2.24) is 14.8 Å². The van der Waals surface area contributed by atoms with Crippen LogP contribution in [0.4, 0.5) is 5.13 Å². The lowest BCUT2D eigenvalue weighted by molar-refractivity contribution is -0.113. The Morgan fingerprint density at radius 3 is 2.62 bits per heavy atom. The van der Waals surface area contributed by atoms with Gasteiger partial charge in [0.25, 0.3) is 5.56 Å². The molecular weight excluding hydrogens is 372 g/mol. The van der Waals surface area contributed by atoms with E-state index >= 15 is 0 Å². The fourth-order valence-corrected chi connectivity index (χ4v) is 3.44. The lowest BCUT2D eigenvalue weighted by Gasteiger charge is -2.09. The van der Waals surface area contributed by atoms with E-state index in [-0.39, 0.29) is 23.4 Å². The first-order valence-corrected chi connectivity index (χ1v) is 9.37. The van der Waals surface area contributed by atoms with E-state index in [1.54, 1.807) is 6.07 Å². The molecule has 1 amide bonds. The smallest absolute Gasteiger partial charge is 0.267 e. The number of hydrogen-bond donors (Lipinski definition) is 1. The number of anilines is 1. The van der Waals surface area contributed by atoms with E-state index in [9.17, 15) is 9.59 Å². The van der Waals surface area contributed by atoms with Crippen LogP contribution in [0.3, 0.4) is 0 Å². The number of aromatic nitrogens is 3. The Morgan fingerprint density at radius 2 is 1.96 bits per heavy atom. The minimum atomic E-state index is -0.327. The predicted octanol–water partition coefficient (Wildman–Crippen LogP) is 3.79. The Balaban J connectivity index is 2.15. The molecule has 0 fully saturated rings.